The minimum absolute atomic E-state index is 0.153. The molecule has 0 saturated heterocycles. The van der Waals surface area contributed by atoms with Gasteiger partial charge >= 0.3 is 6.03 Å². The van der Waals surface area contributed by atoms with Crippen molar-refractivity contribution in [1.29, 1.82) is 0 Å². The molecule has 0 aliphatic rings. The van der Waals surface area contributed by atoms with Gasteiger partial charge in [0.25, 0.3) is 0 Å². The van der Waals surface area contributed by atoms with Crippen LogP contribution in [0.3, 0.4) is 0 Å². The molecule has 2 aromatic heterocycles. The molecule has 2 heterocycles. The van der Waals surface area contributed by atoms with Crippen molar-refractivity contribution < 1.29 is 4.79 Å². The van der Waals surface area contributed by atoms with E-state index in [2.05, 4.69) is 51.2 Å². The largest absolute Gasteiger partial charge is 0.341 e. The lowest BCUT2D eigenvalue weighted by atomic mass is 10.0. The first-order chi connectivity index (χ1) is 12.5. The van der Waals surface area contributed by atoms with Gasteiger partial charge in [-0.25, -0.2) is 9.78 Å². The minimum Gasteiger partial charge on any atom is -0.341 e. The summed E-state index contributed by atoms with van der Waals surface area (Å²) in [4.78, 5) is 20.5. The van der Waals surface area contributed by atoms with Crippen molar-refractivity contribution in [3.63, 3.8) is 0 Å². The van der Waals surface area contributed by atoms with Gasteiger partial charge in [0.05, 0.1) is 22.8 Å². The zero-order valence-electron chi connectivity index (χ0n) is 15.8. The summed E-state index contributed by atoms with van der Waals surface area (Å²) in [5.41, 5.74) is 7.38. The number of imidazole rings is 1. The van der Waals surface area contributed by atoms with Crippen molar-refractivity contribution >= 4 is 11.7 Å². The Bertz CT molecular complexity index is 928. The van der Waals surface area contributed by atoms with E-state index in [1.807, 2.05) is 20.0 Å². The predicted octanol–water partition coefficient (Wildman–Crippen LogP) is 3.05. The second-order valence-electron chi connectivity index (χ2n) is 6.37. The number of nitrogens with one attached hydrogen (secondary N) is 2. The maximum Gasteiger partial charge on any atom is 0.314 e. The molecule has 136 valence electrons. The van der Waals surface area contributed by atoms with Gasteiger partial charge in [0, 0.05) is 25.4 Å². The number of hydrogen-bond donors (Lipinski definition) is 2. The van der Waals surface area contributed by atoms with Gasteiger partial charge in [-0.05, 0) is 32.3 Å². The summed E-state index contributed by atoms with van der Waals surface area (Å²) < 4.78 is 2.15. The Balaban J connectivity index is 1.90. The molecule has 6 heteroatoms. The zero-order valence-corrected chi connectivity index (χ0v) is 15.8. The Labute approximate surface area is 153 Å². The topological polar surface area (TPSA) is 71.3 Å². The average Bonchev–Trinajstić information content (AvgIpc) is 3.01. The standard InChI is InChI=1S/C20H25N5O/c1-5-17-18(25-12-13(2)23-14(3)19(25)24-17)16-8-6-15(7-9-16)10-11-22-20(26)21-4/h6-9,12H,5,10-11H2,1-4H3,(H2,21,22,26). The fraction of sp³-hybridized carbons (Fsp3) is 0.350. The maximum atomic E-state index is 11.2. The van der Waals surface area contributed by atoms with Crippen molar-refractivity contribution in [2.45, 2.75) is 33.6 Å². The van der Waals surface area contributed by atoms with Crippen LogP contribution in [0.4, 0.5) is 4.79 Å². The lowest BCUT2D eigenvalue weighted by molar-refractivity contribution is 0.243. The third-order valence-electron chi connectivity index (χ3n) is 4.46. The van der Waals surface area contributed by atoms with E-state index in [1.54, 1.807) is 7.05 Å². The predicted molar refractivity (Wildman–Crippen MR) is 103 cm³/mol. The molecule has 0 aliphatic carbocycles. The molecule has 0 spiro atoms. The van der Waals surface area contributed by atoms with Crippen LogP contribution in [0.2, 0.25) is 0 Å². The van der Waals surface area contributed by atoms with Gasteiger partial charge in [-0.15, -0.1) is 0 Å². The highest BCUT2D eigenvalue weighted by molar-refractivity contribution is 5.73. The SMILES string of the molecule is CCc1nc2c(C)nc(C)cn2c1-c1ccc(CCNC(=O)NC)cc1. The Hall–Kier alpha value is -2.89. The lowest BCUT2D eigenvalue weighted by Crippen LogP contribution is -2.33. The molecule has 1 aromatic carbocycles. The Morgan fingerprint density at radius 1 is 1.15 bits per heavy atom. The second-order valence-corrected chi connectivity index (χ2v) is 6.37. The van der Waals surface area contributed by atoms with Crippen LogP contribution in [0, 0.1) is 13.8 Å². The van der Waals surface area contributed by atoms with Crippen LogP contribution in [-0.4, -0.2) is 34.0 Å². The van der Waals surface area contributed by atoms with Crippen LogP contribution in [0.5, 0.6) is 0 Å². The minimum atomic E-state index is -0.153. The van der Waals surface area contributed by atoms with E-state index in [-0.39, 0.29) is 6.03 Å². The number of aryl methyl sites for hydroxylation is 3. The molecule has 6 nitrogen and oxygen atoms in total. The number of carbonyl (C=O) groups is 1. The van der Waals surface area contributed by atoms with Crippen LogP contribution in [0.25, 0.3) is 16.9 Å². The van der Waals surface area contributed by atoms with Crippen molar-refractivity contribution in [1.82, 2.24) is 25.0 Å². The van der Waals surface area contributed by atoms with E-state index in [9.17, 15) is 4.79 Å². The third-order valence-corrected chi connectivity index (χ3v) is 4.46. The maximum absolute atomic E-state index is 11.2. The molecule has 0 radical (unpaired) electrons. The van der Waals surface area contributed by atoms with Gasteiger partial charge in [-0.2, -0.15) is 0 Å². The molecule has 0 aliphatic heterocycles. The van der Waals surface area contributed by atoms with E-state index in [4.69, 9.17) is 4.98 Å². The van der Waals surface area contributed by atoms with Crippen LogP contribution in [0.1, 0.15) is 29.6 Å². The number of carbonyl (C=O) groups excluding carboxylic acids is 1. The molecule has 2 amide bonds. The van der Waals surface area contributed by atoms with Crippen LogP contribution in [-0.2, 0) is 12.8 Å². The van der Waals surface area contributed by atoms with Crippen molar-refractivity contribution in [3.05, 3.63) is 53.1 Å². The third kappa shape index (κ3) is 3.54. The molecule has 26 heavy (non-hydrogen) atoms. The van der Waals surface area contributed by atoms with E-state index in [0.717, 1.165) is 46.8 Å². The van der Waals surface area contributed by atoms with Crippen LogP contribution < -0.4 is 10.6 Å². The fourth-order valence-corrected chi connectivity index (χ4v) is 3.18. The first-order valence-corrected chi connectivity index (χ1v) is 8.93. The normalized spacial score (nSPS) is 10.9. The van der Waals surface area contributed by atoms with Gasteiger partial charge < -0.3 is 10.6 Å². The van der Waals surface area contributed by atoms with Crippen LogP contribution in [0.15, 0.2) is 30.5 Å². The number of urea groups is 1. The van der Waals surface area contributed by atoms with Crippen molar-refractivity contribution in [3.8, 4) is 11.3 Å². The molecule has 0 atom stereocenters. The van der Waals surface area contributed by atoms with Gasteiger partial charge in [0.1, 0.15) is 0 Å². The summed E-state index contributed by atoms with van der Waals surface area (Å²) in [7, 11) is 1.62. The van der Waals surface area contributed by atoms with E-state index < -0.39 is 0 Å². The number of nitrogens with zero attached hydrogens (tertiary/aromatic N) is 3. The number of aromatic nitrogens is 3. The highest BCUT2D eigenvalue weighted by atomic mass is 16.2. The van der Waals surface area contributed by atoms with Gasteiger partial charge in [0.2, 0.25) is 0 Å². The second kappa shape index (κ2) is 7.56. The molecule has 0 unspecified atom stereocenters. The summed E-state index contributed by atoms with van der Waals surface area (Å²) in [5.74, 6) is 0. The summed E-state index contributed by atoms with van der Waals surface area (Å²) in [6, 6.07) is 8.33. The van der Waals surface area contributed by atoms with Crippen LogP contribution >= 0.6 is 0 Å². The molecular weight excluding hydrogens is 326 g/mol. The summed E-state index contributed by atoms with van der Waals surface area (Å²) in [6.45, 7) is 6.74. The van der Waals surface area contributed by atoms with Crippen molar-refractivity contribution in [2.24, 2.45) is 0 Å². The van der Waals surface area contributed by atoms with Gasteiger partial charge in [-0.1, -0.05) is 31.2 Å². The zero-order chi connectivity index (χ0) is 18.7. The van der Waals surface area contributed by atoms with Crippen molar-refractivity contribution in [2.75, 3.05) is 13.6 Å². The Kier molecular flexibility index (Phi) is 5.21. The lowest BCUT2D eigenvalue weighted by Gasteiger charge is -2.08. The highest BCUT2D eigenvalue weighted by Crippen LogP contribution is 2.27. The van der Waals surface area contributed by atoms with E-state index in [1.165, 1.54) is 5.56 Å². The number of benzene rings is 1. The highest BCUT2D eigenvalue weighted by Gasteiger charge is 2.15. The molecule has 3 rings (SSSR count). The monoisotopic (exact) mass is 351 g/mol. The molecule has 0 bridgehead atoms. The Morgan fingerprint density at radius 3 is 2.54 bits per heavy atom. The molecule has 3 aromatic rings. The first-order valence-electron chi connectivity index (χ1n) is 8.93. The van der Waals surface area contributed by atoms with Gasteiger partial charge in [-0.3, -0.25) is 9.38 Å². The Morgan fingerprint density at radius 2 is 1.88 bits per heavy atom. The molecule has 0 saturated carbocycles. The fourth-order valence-electron chi connectivity index (χ4n) is 3.18. The first kappa shape index (κ1) is 17.9. The number of amides is 2. The number of fused-ring (bicyclic) bond motifs is 1. The molecule has 0 fully saturated rings. The smallest absolute Gasteiger partial charge is 0.314 e. The number of rotatable bonds is 5. The number of hydrogen-bond acceptors (Lipinski definition) is 3. The van der Waals surface area contributed by atoms with E-state index >= 15 is 0 Å². The molecular formula is C20H25N5O. The molecule has 2 N–H and O–H groups in total. The summed E-state index contributed by atoms with van der Waals surface area (Å²) >= 11 is 0. The van der Waals surface area contributed by atoms with E-state index in [0.29, 0.717) is 6.54 Å². The summed E-state index contributed by atoms with van der Waals surface area (Å²) in [6.07, 6.45) is 3.71. The average molecular weight is 351 g/mol. The quantitative estimate of drug-likeness (QED) is 0.742. The van der Waals surface area contributed by atoms with Gasteiger partial charge in [0.15, 0.2) is 5.65 Å². The summed E-state index contributed by atoms with van der Waals surface area (Å²) in [5, 5.41) is 5.36.